The van der Waals surface area contributed by atoms with Gasteiger partial charge < -0.3 is 0 Å². The Morgan fingerprint density at radius 3 is 1.25 bits per heavy atom. The number of hydrogen-bond acceptors (Lipinski definition) is 2. The summed E-state index contributed by atoms with van der Waals surface area (Å²) in [6.07, 6.45) is 0. The normalized spacial score (nSPS) is 3.00. The van der Waals surface area contributed by atoms with Gasteiger partial charge in [-0.1, -0.05) is 0 Å². The van der Waals surface area contributed by atoms with Gasteiger partial charge in [0.05, 0.1) is 0 Å². The van der Waals surface area contributed by atoms with Crippen LogP contribution < -0.4 is 0 Å². The molecule has 2 nitrogen and oxygen atoms in total. The molecule has 0 saturated carbocycles. The van der Waals surface area contributed by atoms with Gasteiger partial charge in [0.1, 0.15) is 0 Å². The molecule has 0 aliphatic carbocycles. The molecule has 0 bridgehead atoms. The fraction of sp³-hybridized carbons (Fsp3) is 0. The molecule has 0 unspecified atom stereocenters. The topological polar surface area (TPSA) is 34.1 Å². The molecule has 0 fully saturated rings. The molecule has 0 spiro atoms. The van der Waals surface area contributed by atoms with Crippen molar-refractivity contribution in [3.05, 3.63) is 0 Å². The van der Waals surface area contributed by atoms with Crippen LogP contribution in [0.15, 0.2) is 0 Å². The molecule has 0 aliphatic heterocycles. The molecule has 0 saturated heterocycles. The summed E-state index contributed by atoms with van der Waals surface area (Å²) < 4.78 is 16.9. The van der Waals surface area contributed by atoms with Gasteiger partial charge >= 0.3 is 22.7 Å². The Bertz CT molecular complexity index is 27.0. The molecule has 0 amide bonds. The van der Waals surface area contributed by atoms with E-state index in [1.54, 1.807) is 0 Å². The Balaban J connectivity index is 0. The fourth-order valence-electron chi connectivity index (χ4n) is 0. The van der Waals surface area contributed by atoms with Crippen LogP contribution in [0.5, 0.6) is 0 Å². The van der Waals surface area contributed by atoms with Gasteiger partial charge in [-0.3, -0.25) is 0 Å². The maximum absolute atomic E-state index is 8.44. The van der Waals surface area contributed by atoms with E-state index in [4.69, 9.17) is 7.61 Å². The van der Waals surface area contributed by atoms with Crippen LogP contribution in [0.3, 0.4) is 0 Å². The summed E-state index contributed by atoms with van der Waals surface area (Å²) in [5.74, 6) is 0. The molecule has 0 rings (SSSR count). The minimum atomic E-state index is -1.62. The molecule has 0 atom stereocenters. The van der Waals surface area contributed by atoms with Crippen molar-refractivity contribution in [3.63, 3.8) is 0 Å². The molecule has 25 valence electrons. The van der Waals surface area contributed by atoms with Crippen molar-refractivity contribution in [2.75, 3.05) is 0 Å². The van der Waals surface area contributed by atoms with Crippen molar-refractivity contribution in [2.45, 2.75) is 0 Å². The third-order valence-electron chi connectivity index (χ3n) is 0. The molecule has 1 radical (unpaired) electrons. The van der Waals surface area contributed by atoms with Crippen molar-refractivity contribution in [1.29, 1.82) is 0 Å². The van der Waals surface area contributed by atoms with Gasteiger partial charge in [-0.15, -0.1) is 0 Å². The average Bonchev–Trinajstić information content (AvgIpc) is 0.918. The zero-order chi connectivity index (χ0) is 2.71. The second-order valence-corrected chi connectivity index (χ2v) is 0.281. The first-order chi connectivity index (χ1) is 1.41. The molecule has 0 heterocycles. The first-order valence-electron chi connectivity index (χ1n) is 0.333. The van der Waals surface area contributed by atoms with Crippen molar-refractivity contribution in [1.82, 2.24) is 0 Å². The summed E-state index contributed by atoms with van der Waals surface area (Å²) in [4.78, 5) is 0. The maximum atomic E-state index is 8.44. The SMILES string of the molecule is [Mn].[O]=[Cr]=[O]. The van der Waals surface area contributed by atoms with Gasteiger partial charge in [-0.2, -0.15) is 0 Å². The first-order valence-corrected chi connectivity index (χ1v) is 1.37. The van der Waals surface area contributed by atoms with Crippen LogP contribution in [0.1, 0.15) is 0 Å². The van der Waals surface area contributed by atoms with E-state index in [1.165, 1.54) is 0 Å². The average molecular weight is 139 g/mol. The molecule has 4 heavy (non-hydrogen) atoms. The summed E-state index contributed by atoms with van der Waals surface area (Å²) >= 11 is -1.62. The molecule has 0 aliphatic rings. The summed E-state index contributed by atoms with van der Waals surface area (Å²) in [5, 5.41) is 0. The quantitative estimate of drug-likeness (QED) is 0.434. The summed E-state index contributed by atoms with van der Waals surface area (Å²) in [5.41, 5.74) is 0. The Kier molecular flexibility index (Phi) is 20.8. The Morgan fingerprint density at radius 1 is 1.25 bits per heavy atom. The fourth-order valence-corrected chi connectivity index (χ4v) is 0. The summed E-state index contributed by atoms with van der Waals surface area (Å²) in [6, 6.07) is 0. The van der Waals surface area contributed by atoms with Crippen LogP contribution >= 0.6 is 0 Å². The van der Waals surface area contributed by atoms with Gasteiger partial charge in [-0.25, -0.2) is 0 Å². The van der Waals surface area contributed by atoms with Gasteiger partial charge in [0.15, 0.2) is 0 Å². The Hall–Kier alpha value is 0.652. The Morgan fingerprint density at radius 2 is 1.25 bits per heavy atom. The molecule has 4 heteroatoms. The van der Waals surface area contributed by atoms with E-state index in [1.807, 2.05) is 0 Å². The van der Waals surface area contributed by atoms with E-state index in [9.17, 15) is 0 Å². The van der Waals surface area contributed by atoms with Crippen LogP contribution in [-0.2, 0) is 39.8 Å². The van der Waals surface area contributed by atoms with E-state index < -0.39 is 15.1 Å². The monoisotopic (exact) mass is 139 g/mol. The third kappa shape index (κ3) is 17.0. The molecular weight excluding hydrogens is 139 g/mol. The molecule has 0 aromatic carbocycles. The van der Waals surface area contributed by atoms with Crippen LogP contribution in [0.25, 0.3) is 0 Å². The van der Waals surface area contributed by atoms with E-state index in [-0.39, 0.29) is 17.1 Å². The van der Waals surface area contributed by atoms with Crippen LogP contribution in [0.2, 0.25) is 0 Å². The zero-order valence-corrected chi connectivity index (χ0v) is 4.06. The third-order valence-corrected chi connectivity index (χ3v) is 0. The predicted molar refractivity (Wildman–Crippen MR) is 1.37 cm³/mol. The summed E-state index contributed by atoms with van der Waals surface area (Å²) in [6.45, 7) is 0. The van der Waals surface area contributed by atoms with Crippen molar-refractivity contribution < 1.29 is 39.8 Å². The van der Waals surface area contributed by atoms with Gasteiger partial charge in [0, 0.05) is 17.1 Å². The van der Waals surface area contributed by atoms with Crippen LogP contribution in [0, 0.1) is 0 Å². The molecule has 0 N–H and O–H groups in total. The van der Waals surface area contributed by atoms with Crippen LogP contribution in [-0.4, -0.2) is 0 Å². The van der Waals surface area contributed by atoms with Gasteiger partial charge in [0.25, 0.3) is 0 Å². The van der Waals surface area contributed by atoms with E-state index in [2.05, 4.69) is 0 Å². The van der Waals surface area contributed by atoms with Gasteiger partial charge in [0.2, 0.25) is 0 Å². The number of rotatable bonds is 0. The van der Waals surface area contributed by atoms with Gasteiger partial charge in [-0.05, 0) is 0 Å². The summed E-state index contributed by atoms with van der Waals surface area (Å²) in [7, 11) is 0. The van der Waals surface area contributed by atoms with E-state index in [0.717, 1.165) is 0 Å². The van der Waals surface area contributed by atoms with Crippen molar-refractivity contribution >= 4 is 0 Å². The molecular formula is CrMnO2. The van der Waals surface area contributed by atoms with Crippen molar-refractivity contribution in [2.24, 2.45) is 0 Å². The van der Waals surface area contributed by atoms with E-state index >= 15 is 0 Å². The minimum absolute atomic E-state index is 0. The Labute approximate surface area is 40.2 Å². The molecule has 0 aromatic heterocycles. The van der Waals surface area contributed by atoms with Crippen molar-refractivity contribution in [3.8, 4) is 0 Å². The zero-order valence-electron chi connectivity index (χ0n) is 1.60. The van der Waals surface area contributed by atoms with Crippen LogP contribution in [0.4, 0.5) is 0 Å². The second kappa shape index (κ2) is 9.41. The number of hydrogen-bond donors (Lipinski definition) is 0. The first kappa shape index (κ1) is 8.82. The standard InChI is InChI=1S/Cr.Mn.2O. The predicted octanol–water partition coefficient (Wildman–Crippen LogP) is -0.243. The molecule has 0 aromatic rings. The second-order valence-electron chi connectivity index (χ2n) is 0.0680. The van der Waals surface area contributed by atoms with E-state index in [0.29, 0.717) is 0 Å².